The van der Waals surface area contributed by atoms with Crippen LogP contribution in [-0.4, -0.2) is 23.6 Å². The topological polar surface area (TPSA) is 51.6 Å². The van der Waals surface area contributed by atoms with Crippen LogP contribution in [0.1, 0.15) is 17.6 Å². The monoisotopic (exact) mass is 273 g/mol. The first-order valence-electron chi connectivity index (χ1n) is 4.51. The first kappa shape index (κ1) is 14.4. The van der Waals surface area contributed by atoms with Crippen LogP contribution in [0.2, 0.25) is 0 Å². The van der Waals surface area contributed by atoms with Gasteiger partial charge in [-0.3, -0.25) is 0 Å². The summed E-state index contributed by atoms with van der Waals surface area (Å²) in [6, 6.07) is 0.650. The van der Waals surface area contributed by atoms with Crippen molar-refractivity contribution in [2.45, 2.75) is 19.4 Å². The van der Waals surface area contributed by atoms with Gasteiger partial charge in [-0.1, -0.05) is 0 Å². The molecule has 18 heavy (non-hydrogen) atoms. The number of hydrogen-bond donors (Lipinski definition) is 1. The molecule has 102 valence electrons. The van der Waals surface area contributed by atoms with Gasteiger partial charge in [0.2, 0.25) is 11.8 Å². The number of pyridine rings is 1. The van der Waals surface area contributed by atoms with Gasteiger partial charge in [0.1, 0.15) is 0 Å². The summed E-state index contributed by atoms with van der Waals surface area (Å²) in [6.45, 7) is -0.928. The third-order valence-electron chi connectivity index (χ3n) is 1.87. The SMILES string of the molecule is COc1nc(OC(F)(F)F)c(CO)cc1C(F)F. The van der Waals surface area contributed by atoms with Gasteiger partial charge in [0.25, 0.3) is 6.43 Å². The molecule has 0 spiro atoms. The van der Waals surface area contributed by atoms with Gasteiger partial charge < -0.3 is 14.6 Å². The van der Waals surface area contributed by atoms with E-state index in [1.165, 1.54) is 0 Å². The summed E-state index contributed by atoms with van der Waals surface area (Å²) >= 11 is 0. The number of aliphatic hydroxyl groups excluding tert-OH is 1. The van der Waals surface area contributed by atoms with Crippen molar-refractivity contribution in [1.29, 1.82) is 0 Å². The number of hydrogen-bond acceptors (Lipinski definition) is 4. The van der Waals surface area contributed by atoms with E-state index in [2.05, 4.69) is 14.5 Å². The third-order valence-corrected chi connectivity index (χ3v) is 1.87. The van der Waals surface area contributed by atoms with E-state index in [4.69, 9.17) is 5.11 Å². The third kappa shape index (κ3) is 3.42. The molecule has 0 fully saturated rings. The lowest BCUT2D eigenvalue weighted by Crippen LogP contribution is -2.19. The molecule has 0 unspecified atom stereocenters. The van der Waals surface area contributed by atoms with Crippen LogP contribution < -0.4 is 9.47 Å². The smallest absolute Gasteiger partial charge is 0.481 e. The second-order valence-electron chi connectivity index (χ2n) is 3.06. The zero-order valence-corrected chi connectivity index (χ0v) is 8.96. The number of rotatable bonds is 4. The molecule has 0 radical (unpaired) electrons. The molecule has 1 N–H and O–H groups in total. The average molecular weight is 273 g/mol. The van der Waals surface area contributed by atoms with E-state index in [1.54, 1.807) is 0 Å². The zero-order chi connectivity index (χ0) is 13.9. The lowest BCUT2D eigenvalue weighted by molar-refractivity contribution is -0.276. The summed E-state index contributed by atoms with van der Waals surface area (Å²) in [5.41, 5.74) is -1.24. The first-order chi connectivity index (χ1) is 8.28. The molecular formula is C9H8F5NO3. The predicted molar refractivity (Wildman–Crippen MR) is 48.4 cm³/mol. The standard InChI is InChI=1S/C9H8F5NO3/c1-17-8-5(6(10)11)2-4(3-16)7(15-8)18-9(12,13)14/h2,6,16H,3H2,1H3. The van der Waals surface area contributed by atoms with Gasteiger partial charge in [-0.05, 0) is 6.07 Å². The number of aliphatic hydroxyl groups is 1. The van der Waals surface area contributed by atoms with Crippen LogP contribution in [-0.2, 0) is 6.61 Å². The van der Waals surface area contributed by atoms with E-state index >= 15 is 0 Å². The van der Waals surface area contributed by atoms with Crippen molar-refractivity contribution < 1.29 is 36.5 Å². The summed E-state index contributed by atoms with van der Waals surface area (Å²) in [5, 5.41) is 8.81. The fraction of sp³-hybridized carbons (Fsp3) is 0.444. The van der Waals surface area contributed by atoms with Crippen molar-refractivity contribution >= 4 is 0 Å². The zero-order valence-electron chi connectivity index (χ0n) is 8.96. The normalized spacial score (nSPS) is 11.8. The highest BCUT2D eigenvalue weighted by Crippen LogP contribution is 2.34. The van der Waals surface area contributed by atoms with Crippen molar-refractivity contribution in [1.82, 2.24) is 4.98 Å². The minimum Gasteiger partial charge on any atom is -0.481 e. The highest BCUT2D eigenvalue weighted by molar-refractivity contribution is 5.38. The molecule has 1 rings (SSSR count). The lowest BCUT2D eigenvalue weighted by Gasteiger charge is -2.14. The van der Waals surface area contributed by atoms with Crippen molar-refractivity contribution in [2.75, 3.05) is 7.11 Å². The second kappa shape index (κ2) is 5.34. The number of ether oxygens (including phenoxy) is 2. The van der Waals surface area contributed by atoms with Gasteiger partial charge in [-0.25, -0.2) is 8.78 Å². The maximum atomic E-state index is 12.5. The highest BCUT2D eigenvalue weighted by atomic mass is 19.4. The van der Waals surface area contributed by atoms with Gasteiger partial charge in [0.15, 0.2) is 0 Å². The van der Waals surface area contributed by atoms with E-state index in [9.17, 15) is 22.0 Å². The molecule has 1 aromatic heterocycles. The Hall–Kier alpha value is -1.64. The Labute approximate surface area is 98.0 Å². The molecule has 4 nitrogen and oxygen atoms in total. The fourth-order valence-corrected chi connectivity index (χ4v) is 1.17. The Balaban J connectivity index is 3.26. The Bertz CT molecular complexity index is 421. The van der Waals surface area contributed by atoms with Crippen molar-refractivity contribution in [3.63, 3.8) is 0 Å². The lowest BCUT2D eigenvalue weighted by atomic mass is 10.2. The van der Waals surface area contributed by atoms with Crippen molar-refractivity contribution in [3.8, 4) is 11.8 Å². The second-order valence-corrected chi connectivity index (χ2v) is 3.06. The average Bonchev–Trinajstić information content (AvgIpc) is 2.25. The van der Waals surface area contributed by atoms with Crippen LogP contribution in [0.3, 0.4) is 0 Å². The molecule has 0 saturated heterocycles. The molecule has 0 atom stereocenters. The van der Waals surface area contributed by atoms with E-state index in [-0.39, 0.29) is 0 Å². The van der Waals surface area contributed by atoms with Crippen LogP contribution >= 0.6 is 0 Å². The van der Waals surface area contributed by atoms with Gasteiger partial charge in [-0.2, -0.15) is 4.98 Å². The Morgan fingerprint density at radius 1 is 1.33 bits per heavy atom. The minimum absolute atomic E-state index is 0.511. The van der Waals surface area contributed by atoms with Gasteiger partial charge in [-0.15, -0.1) is 13.2 Å². The molecule has 0 aliphatic rings. The molecule has 0 bridgehead atoms. The molecular weight excluding hydrogens is 265 g/mol. The largest absolute Gasteiger partial charge is 0.574 e. The van der Waals surface area contributed by atoms with Crippen molar-refractivity contribution in [3.05, 3.63) is 17.2 Å². The molecule has 0 saturated carbocycles. The van der Waals surface area contributed by atoms with Crippen LogP contribution in [0, 0.1) is 0 Å². The number of methoxy groups -OCH3 is 1. The molecule has 1 aromatic rings. The summed E-state index contributed by atoms with van der Waals surface area (Å²) in [7, 11) is 0.976. The highest BCUT2D eigenvalue weighted by Gasteiger charge is 2.34. The molecule has 0 amide bonds. The summed E-state index contributed by atoms with van der Waals surface area (Å²) < 4.78 is 69.1. The molecule has 9 heteroatoms. The Kier molecular flexibility index (Phi) is 4.28. The Morgan fingerprint density at radius 3 is 2.33 bits per heavy atom. The van der Waals surface area contributed by atoms with Crippen LogP contribution in [0.25, 0.3) is 0 Å². The molecule has 1 heterocycles. The molecule has 0 aromatic carbocycles. The minimum atomic E-state index is -5.05. The van der Waals surface area contributed by atoms with E-state index in [0.29, 0.717) is 6.07 Å². The summed E-state index contributed by atoms with van der Waals surface area (Å²) in [5.74, 6) is -1.72. The van der Waals surface area contributed by atoms with Gasteiger partial charge in [0, 0.05) is 5.56 Å². The summed E-state index contributed by atoms with van der Waals surface area (Å²) in [4.78, 5) is 3.16. The van der Waals surface area contributed by atoms with Crippen LogP contribution in [0.15, 0.2) is 6.07 Å². The molecule has 0 aliphatic heterocycles. The van der Waals surface area contributed by atoms with E-state index in [0.717, 1.165) is 7.11 Å². The predicted octanol–water partition coefficient (Wildman–Crippen LogP) is 2.42. The maximum Gasteiger partial charge on any atom is 0.574 e. The Morgan fingerprint density at radius 2 is 1.94 bits per heavy atom. The maximum absolute atomic E-state index is 12.5. The van der Waals surface area contributed by atoms with Crippen LogP contribution in [0.4, 0.5) is 22.0 Å². The number of alkyl halides is 5. The van der Waals surface area contributed by atoms with E-state index in [1.807, 2.05) is 0 Å². The number of nitrogens with zero attached hydrogens (tertiary/aromatic N) is 1. The number of halogens is 5. The number of aromatic nitrogens is 1. The van der Waals surface area contributed by atoms with Crippen LogP contribution in [0.5, 0.6) is 11.8 Å². The van der Waals surface area contributed by atoms with E-state index < -0.39 is 42.3 Å². The van der Waals surface area contributed by atoms with Gasteiger partial charge >= 0.3 is 6.36 Å². The molecule has 0 aliphatic carbocycles. The summed E-state index contributed by atoms with van der Waals surface area (Å²) in [6.07, 6.45) is -8.05. The fourth-order valence-electron chi connectivity index (χ4n) is 1.17. The quantitative estimate of drug-likeness (QED) is 0.856. The van der Waals surface area contributed by atoms with Gasteiger partial charge in [0.05, 0.1) is 19.3 Å². The van der Waals surface area contributed by atoms with Crippen molar-refractivity contribution in [2.24, 2.45) is 0 Å². The first-order valence-corrected chi connectivity index (χ1v) is 4.51.